The van der Waals surface area contributed by atoms with Gasteiger partial charge >= 0.3 is 0 Å². The molecule has 29 heavy (non-hydrogen) atoms. The zero-order valence-corrected chi connectivity index (χ0v) is 18.2. The van der Waals surface area contributed by atoms with E-state index in [1.54, 1.807) is 11.3 Å². The monoisotopic (exact) mass is 440 g/mol. The molecule has 4 rings (SSSR count). The minimum Gasteiger partial charge on any atom is -0.410 e. The molecule has 1 aromatic heterocycles. The molecule has 0 spiro atoms. The molecule has 0 amide bonds. The highest BCUT2D eigenvalue weighted by molar-refractivity contribution is 7.16. The Morgan fingerprint density at radius 2 is 1.76 bits per heavy atom. The van der Waals surface area contributed by atoms with Gasteiger partial charge in [-0.25, -0.2) is 0 Å². The summed E-state index contributed by atoms with van der Waals surface area (Å²) in [6, 6.07) is 19.4. The number of anilines is 2. The predicted octanol–water partition coefficient (Wildman–Crippen LogP) is 7.80. The van der Waals surface area contributed by atoms with Gasteiger partial charge in [-0.3, -0.25) is 0 Å². The van der Waals surface area contributed by atoms with Gasteiger partial charge in [-0.2, -0.15) is 0 Å². The molecular weight excluding hydrogens is 423 g/mol. The Hall–Kier alpha value is -2.53. The molecule has 0 aliphatic carbocycles. The van der Waals surface area contributed by atoms with Crippen molar-refractivity contribution in [1.29, 1.82) is 0 Å². The van der Waals surface area contributed by atoms with Crippen LogP contribution in [0.4, 0.5) is 11.4 Å². The van der Waals surface area contributed by atoms with Crippen LogP contribution in [0, 0.1) is 13.8 Å². The number of nitrogens with zero attached hydrogens (tertiary/aromatic N) is 1. The highest BCUT2D eigenvalue weighted by Gasteiger charge is 2.19. The molecule has 0 saturated carbocycles. The Labute approximate surface area is 183 Å². The summed E-state index contributed by atoms with van der Waals surface area (Å²) in [6.07, 6.45) is 0. The van der Waals surface area contributed by atoms with Gasteiger partial charge in [0.25, 0.3) is 0 Å². The number of aryl methyl sites for hydroxylation is 2. The summed E-state index contributed by atoms with van der Waals surface area (Å²) in [5.74, 6) is 0. The fourth-order valence-electron chi connectivity index (χ4n) is 3.32. The molecule has 6 heteroatoms. The number of thiophene rings is 1. The quantitative estimate of drug-likeness (QED) is 0.193. The largest absolute Gasteiger partial charge is 0.410 e. The molecule has 0 aliphatic rings. The third kappa shape index (κ3) is 3.84. The van der Waals surface area contributed by atoms with Gasteiger partial charge in [-0.05, 0) is 61.2 Å². The first kappa shape index (κ1) is 19.8. The summed E-state index contributed by atoms with van der Waals surface area (Å²) in [7, 11) is 0. The molecular formula is C23H18Cl2N2OS. The second-order valence-electron chi connectivity index (χ2n) is 6.76. The van der Waals surface area contributed by atoms with Crippen LogP contribution in [0.5, 0.6) is 0 Å². The summed E-state index contributed by atoms with van der Waals surface area (Å²) < 4.78 is 0. The number of nitrogens with one attached hydrogen (secondary N) is 1. The number of hydrogen-bond acceptors (Lipinski definition) is 4. The normalized spacial score (nSPS) is 11.8. The maximum Gasteiger partial charge on any atom is 0.129 e. The summed E-state index contributed by atoms with van der Waals surface area (Å²) >= 11 is 14.3. The number of halogens is 2. The first-order valence-corrected chi connectivity index (χ1v) is 10.6. The van der Waals surface area contributed by atoms with Gasteiger partial charge in [-0.15, -0.1) is 11.3 Å². The Morgan fingerprint density at radius 1 is 0.966 bits per heavy atom. The molecule has 0 unspecified atom stereocenters. The van der Waals surface area contributed by atoms with Crippen LogP contribution in [0.25, 0.3) is 10.8 Å². The Bertz CT molecular complexity index is 1250. The number of benzene rings is 3. The zero-order valence-electron chi connectivity index (χ0n) is 15.8. The standard InChI is InChI=1S/C23H18Cl2N2OS/c1-13-5-3-4-6-21(13)26-16-8-10-18(20(25)12-16)22(27-28)23-17-9-7-15(24)11-19(17)14(2)29-23/h3-12,26,28H,1-2H3. The highest BCUT2D eigenvalue weighted by atomic mass is 35.5. The van der Waals surface area contributed by atoms with E-state index in [0.29, 0.717) is 21.3 Å². The fourth-order valence-corrected chi connectivity index (χ4v) is 4.88. The topological polar surface area (TPSA) is 44.6 Å². The van der Waals surface area contributed by atoms with E-state index in [9.17, 15) is 5.21 Å². The van der Waals surface area contributed by atoms with Gasteiger partial charge in [0.15, 0.2) is 0 Å². The average Bonchev–Trinajstić information content (AvgIpc) is 3.02. The molecule has 0 fully saturated rings. The maximum absolute atomic E-state index is 9.82. The van der Waals surface area contributed by atoms with Gasteiger partial charge in [0.05, 0.1) is 9.90 Å². The molecule has 146 valence electrons. The number of para-hydroxylation sites is 1. The Balaban J connectivity index is 1.73. The maximum atomic E-state index is 9.82. The van der Waals surface area contributed by atoms with Crippen LogP contribution in [0.1, 0.15) is 20.9 Å². The molecule has 0 aliphatic heterocycles. The number of hydrogen-bond donors (Lipinski definition) is 2. The lowest BCUT2D eigenvalue weighted by molar-refractivity contribution is 0.320. The first-order chi connectivity index (χ1) is 14.0. The number of fused-ring (bicyclic) bond motifs is 1. The second-order valence-corrected chi connectivity index (χ2v) is 8.83. The van der Waals surface area contributed by atoms with Crippen molar-refractivity contribution in [2.45, 2.75) is 13.8 Å². The molecule has 0 saturated heterocycles. The van der Waals surface area contributed by atoms with Crippen molar-refractivity contribution in [3.8, 4) is 0 Å². The molecule has 0 bridgehead atoms. The van der Waals surface area contributed by atoms with Crippen molar-refractivity contribution in [3.05, 3.63) is 91.6 Å². The Morgan fingerprint density at radius 3 is 2.48 bits per heavy atom. The predicted molar refractivity (Wildman–Crippen MR) is 125 cm³/mol. The molecule has 4 aromatic rings. The molecule has 2 N–H and O–H groups in total. The minimum atomic E-state index is 0.447. The van der Waals surface area contributed by atoms with Crippen LogP contribution in [-0.2, 0) is 0 Å². The summed E-state index contributed by atoms with van der Waals surface area (Å²) in [5, 5.41) is 20.0. The third-order valence-electron chi connectivity index (χ3n) is 4.82. The van der Waals surface area contributed by atoms with Crippen LogP contribution in [0.3, 0.4) is 0 Å². The lowest BCUT2D eigenvalue weighted by atomic mass is 10.0. The van der Waals surface area contributed by atoms with Crippen molar-refractivity contribution in [3.63, 3.8) is 0 Å². The highest BCUT2D eigenvalue weighted by Crippen LogP contribution is 2.36. The number of oxime groups is 1. The van der Waals surface area contributed by atoms with E-state index in [0.717, 1.165) is 37.5 Å². The van der Waals surface area contributed by atoms with Crippen LogP contribution in [0.15, 0.2) is 65.8 Å². The van der Waals surface area contributed by atoms with Gasteiger partial charge in [-0.1, -0.05) is 52.6 Å². The van der Waals surface area contributed by atoms with Crippen molar-refractivity contribution in [2.75, 3.05) is 5.32 Å². The lowest BCUT2D eigenvalue weighted by Crippen LogP contribution is -2.03. The van der Waals surface area contributed by atoms with E-state index < -0.39 is 0 Å². The van der Waals surface area contributed by atoms with Gasteiger partial charge in [0.1, 0.15) is 5.71 Å². The first-order valence-electron chi connectivity index (χ1n) is 9.01. The van der Waals surface area contributed by atoms with E-state index >= 15 is 0 Å². The zero-order chi connectivity index (χ0) is 20.5. The minimum absolute atomic E-state index is 0.447. The van der Waals surface area contributed by atoms with Crippen molar-refractivity contribution in [1.82, 2.24) is 0 Å². The van der Waals surface area contributed by atoms with E-state index in [1.807, 2.05) is 74.5 Å². The summed E-state index contributed by atoms with van der Waals surface area (Å²) in [5.41, 5.74) is 4.14. The van der Waals surface area contributed by atoms with Crippen LogP contribution >= 0.6 is 34.5 Å². The van der Waals surface area contributed by atoms with Crippen molar-refractivity contribution in [2.24, 2.45) is 5.16 Å². The van der Waals surface area contributed by atoms with E-state index in [4.69, 9.17) is 23.2 Å². The fraction of sp³-hybridized carbons (Fsp3) is 0.0870. The average molecular weight is 441 g/mol. The lowest BCUT2D eigenvalue weighted by Gasteiger charge is -2.12. The van der Waals surface area contributed by atoms with E-state index in [2.05, 4.69) is 10.5 Å². The number of rotatable bonds is 4. The SMILES string of the molecule is Cc1ccccc1Nc1ccc(C(=NO)c2sc(C)c3cc(Cl)ccc23)c(Cl)c1. The summed E-state index contributed by atoms with van der Waals surface area (Å²) in [6.45, 7) is 4.07. The Kier molecular flexibility index (Phi) is 5.50. The molecule has 3 aromatic carbocycles. The molecule has 1 heterocycles. The van der Waals surface area contributed by atoms with Crippen LogP contribution in [0.2, 0.25) is 10.0 Å². The van der Waals surface area contributed by atoms with Crippen molar-refractivity contribution >= 4 is 62.4 Å². The van der Waals surface area contributed by atoms with Gasteiger partial charge < -0.3 is 10.5 Å². The second kappa shape index (κ2) is 8.07. The third-order valence-corrected chi connectivity index (χ3v) is 6.52. The van der Waals surface area contributed by atoms with Gasteiger partial charge in [0.2, 0.25) is 0 Å². The van der Waals surface area contributed by atoms with Crippen LogP contribution < -0.4 is 5.32 Å². The van der Waals surface area contributed by atoms with E-state index in [1.165, 1.54) is 0 Å². The van der Waals surface area contributed by atoms with Crippen molar-refractivity contribution < 1.29 is 5.21 Å². The smallest absolute Gasteiger partial charge is 0.129 e. The van der Waals surface area contributed by atoms with Crippen LogP contribution in [-0.4, -0.2) is 10.9 Å². The molecule has 3 nitrogen and oxygen atoms in total. The molecule has 0 atom stereocenters. The van der Waals surface area contributed by atoms with Gasteiger partial charge in [0, 0.05) is 32.2 Å². The van der Waals surface area contributed by atoms with E-state index in [-0.39, 0.29) is 0 Å². The summed E-state index contributed by atoms with van der Waals surface area (Å²) in [4.78, 5) is 1.96. The molecule has 0 radical (unpaired) electrons.